The van der Waals surface area contributed by atoms with Crippen molar-refractivity contribution in [3.05, 3.63) is 35.4 Å². The summed E-state index contributed by atoms with van der Waals surface area (Å²) in [7, 11) is 3.09. The van der Waals surface area contributed by atoms with Gasteiger partial charge in [0, 0.05) is 11.1 Å². The molecule has 2 aromatic rings. The van der Waals surface area contributed by atoms with Gasteiger partial charge in [-0.05, 0) is 36.1 Å². The van der Waals surface area contributed by atoms with E-state index in [-0.39, 0.29) is 11.5 Å². The lowest BCUT2D eigenvalue weighted by Crippen LogP contribution is -1.96. The average molecular weight is 330 g/mol. The average Bonchev–Trinajstić information content (AvgIpc) is 2.57. The van der Waals surface area contributed by atoms with Gasteiger partial charge in [0.05, 0.1) is 14.2 Å². The Hall–Kier alpha value is -2.36. The number of hydrogen-bond acceptors (Lipinski definition) is 4. The first-order chi connectivity index (χ1) is 11.6. The highest BCUT2D eigenvalue weighted by Gasteiger charge is 2.20. The highest BCUT2D eigenvalue weighted by molar-refractivity contribution is 5.81. The molecule has 0 fully saturated rings. The Labute approximate surface area is 143 Å². The molecule has 0 aliphatic heterocycles. The highest BCUT2D eigenvalue weighted by Crippen LogP contribution is 2.46. The molecule has 0 aliphatic carbocycles. The topological polar surface area (TPSA) is 58.9 Å². The number of benzene rings is 2. The second-order valence-electron chi connectivity index (χ2n) is 5.81. The first-order valence-corrected chi connectivity index (χ1v) is 8.36. The highest BCUT2D eigenvalue weighted by atomic mass is 16.5. The molecule has 0 radical (unpaired) electrons. The van der Waals surface area contributed by atoms with E-state index in [2.05, 4.69) is 13.8 Å². The summed E-state index contributed by atoms with van der Waals surface area (Å²) in [5, 5.41) is 21.3. The third-order valence-corrected chi connectivity index (χ3v) is 4.16. The predicted molar refractivity (Wildman–Crippen MR) is 96.3 cm³/mol. The van der Waals surface area contributed by atoms with Crippen molar-refractivity contribution < 1.29 is 19.7 Å². The minimum absolute atomic E-state index is 0.0454. The van der Waals surface area contributed by atoms with Crippen LogP contribution in [0.25, 0.3) is 11.1 Å². The molecule has 24 heavy (non-hydrogen) atoms. The Balaban J connectivity index is 2.60. The molecule has 0 heterocycles. The first-order valence-electron chi connectivity index (χ1n) is 8.36. The van der Waals surface area contributed by atoms with Crippen molar-refractivity contribution in [3.8, 4) is 34.1 Å². The molecule has 0 atom stereocenters. The Morgan fingerprint density at radius 2 is 1.08 bits per heavy atom. The Morgan fingerprint density at radius 3 is 1.38 bits per heavy atom. The quantitative estimate of drug-likeness (QED) is 0.773. The molecular formula is C20H26O4. The van der Waals surface area contributed by atoms with Crippen LogP contribution in [0.15, 0.2) is 24.3 Å². The Bertz CT molecular complexity index is 646. The number of aryl methyl sites for hydroxylation is 2. The SMILES string of the molecule is CCCc1ccc(-c2ccc(CCC)c(OC)c2O)c(O)c1OC. The Morgan fingerprint density at radius 1 is 0.708 bits per heavy atom. The van der Waals surface area contributed by atoms with Crippen LogP contribution >= 0.6 is 0 Å². The third-order valence-electron chi connectivity index (χ3n) is 4.16. The van der Waals surface area contributed by atoms with Gasteiger partial charge in [0.15, 0.2) is 23.0 Å². The fourth-order valence-corrected chi connectivity index (χ4v) is 3.05. The lowest BCUT2D eigenvalue weighted by atomic mass is 9.96. The maximum Gasteiger partial charge on any atom is 0.166 e. The minimum atomic E-state index is 0.0454. The molecule has 130 valence electrons. The van der Waals surface area contributed by atoms with Gasteiger partial charge in [-0.25, -0.2) is 0 Å². The summed E-state index contributed by atoms with van der Waals surface area (Å²) in [6.07, 6.45) is 3.56. The van der Waals surface area contributed by atoms with Gasteiger partial charge in [-0.2, -0.15) is 0 Å². The molecule has 0 unspecified atom stereocenters. The summed E-state index contributed by atoms with van der Waals surface area (Å²) >= 11 is 0. The number of hydrogen-bond donors (Lipinski definition) is 2. The monoisotopic (exact) mass is 330 g/mol. The normalized spacial score (nSPS) is 10.7. The molecule has 0 aromatic heterocycles. The maximum absolute atomic E-state index is 10.6. The summed E-state index contributed by atoms with van der Waals surface area (Å²) in [6.45, 7) is 4.15. The standard InChI is InChI=1S/C20H26O4/c1-5-7-13-9-11-15(17(21)19(13)23-3)16-12-10-14(8-6-2)20(24-4)18(16)22/h9-12,21-22H,5-8H2,1-4H3. The Kier molecular flexibility index (Phi) is 5.96. The molecule has 0 bridgehead atoms. The lowest BCUT2D eigenvalue weighted by molar-refractivity contribution is 0.366. The molecule has 4 heteroatoms. The lowest BCUT2D eigenvalue weighted by Gasteiger charge is -2.17. The van der Waals surface area contributed by atoms with Crippen LogP contribution < -0.4 is 9.47 Å². The molecule has 2 N–H and O–H groups in total. The predicted octanol–water partition coefficient (Wildman–Crippen LogP) is 4.69. The molecule has 4 nitrogen and oxygen atoms in total. The second kappa shape index (κ2) is 7.95. The van der Waals surface area contributed by atoms with Crippen molar-refractivity contribution in [2.75, 3.05) is 14.2 Å². The van der Waals surface area contributed by atoms with Crippen LogP contribution in [0.3, 0.4) is 0 Å². The summed E-state index contributed by atoms with van der Waals surface area (Å²) < 4.78 is 10.8. The van der Waals surface area contributed by atoms with E-state index in [0.717, 1.165) is 36.8 Å². The van der Waals surface area contributed by atoms with E-state index >= 15 is 0 Å². The van der Waals surface area contributed by atoms with E-state index in [1.165, 1.54) is 0 Å². The molecular weight excluding hydrogens is 304 g/mol. The molecule has 0 spiro atoms. The number of phenolic OH excluding ortho intramolecular Hbond substituents is 2. The molecule has 2 rings (SSSR count). The van der Waals surface area contributed by atoms with Crippen molar-refractivity contribution in [3.63, 3.8) is 0 Å². The fraction of sp³-hybridized carbons (Fsp3) is 0.400. The number of rotatable bonds is 7. The molecule has 0 amide bonds. The van der Waals surface area contributed by atoms with Crippen molar-refractivity contribution >= 4 is 0 Å². The van der Waals surface area contributed by atoms with Crippen LogP contribution in [0.1, 0.15) is 37.8 Å². The van der Waals surface area contributed by atoms with Crippen LogP contribution in [-0.2, 0) is 12.8 Å². The zero-order valence-corrected chi connectivity index (χ0v) is 14.8. The van der Waals surface area contributed by atoms with Crippen LogP contribution in [0.4, 0.5) is 0 Å². The van der Waals surface area contributed by atoms with Gasteiger partial charge in [-0.15, -0.1) is 0 Å². The van der Waals surface area contributed by atoms with Gasteiger partial charge in [0.2, 0.25) is 0 Å². The van der Waals surface area contributed by atoms with Gasteiger partial charge in [-0.3, -0.25) is 0 Å². The van der Waals surface area contributed by atoms with Crippen molar-refractivity contribution in [1.82, 2.24) is 0 Å². The van der Waals surface area contributed by atoms with Gasteiger partial charge < -0.3 is 19.7 Å². The summed E-state index contributed by atoms with van der Waals surface area (Å²) in [5.74, 6) is 1.02. The van der Waals surface area contributed by atoms with Crippen LogP contribution in [0.5, 0.6) is 23.0 Å². The van der Waals surface area contributed by atoms with E-state index in [4.69, 9.17) is 9.47 Å². The first kappa shape index (κ1) is 18.0. The second-order valence-corrected chi connectivity index (χ2v) is 5.81. The van der Waals surface area contributed by atoms with E-state index in [1.54, 1.807) is 14.2 Å². The van der Waals surface area contributed by atoms with Crippen molar-refractivity contribution in [2.45, 2.75) is 39.5 Å². The number of phenols is 2. The third kappa shape index (κ3) is 3.28. The van der Waals surface area contributed by atoms with Crippen LogP contribution in [0, 0.1) is 0 Å². The number of ether oxygens (including phenoxy) is 2. The van der Waals surface area contributed by atoms with E-state index in [1.807, 2.05) is 24.3 Å². The van der Waals surface area contributed by atoms with Gasteiger partial charge in [0.1, 0.15) is 0 Å². The van der Waals surface area contributed by atoms with E-state index in [9.17, 15) is 10.2 Å². The smallest absolute Gasteiger partial charge is 0.166 e. The zero-order valence-electron chi connectivity index (χ0n) is 14.8. The molecule has 0 aliphatic rings. The number of aromatic hydroxyl groups is 2. The van der Waals surface area contributed by atoms with Crippen molar-refractivity contribution in [1.29, 1.82) is 0 Å². The zero-order chi connectivity index (χ0) is 17.7. The summed E-state index contributed by atoms with van der Waals surface area (Å²) in [4.78, 5) is 0. The van der Waals surface area contributed by atoms with Crippen LogP contribution in [-0.4, -0.2) is 24.4 Å². The van der Waals surface area contributed by atoms with Gasteiger partial charge >= 0.3 is 0 Å². The van der Waals surface area contributed by atoms with Gasteiger partial charge in [-0.1, -0.05) is 38.8 Å². The molecule has 2 aromatic carbocycles. The maximum atomic E-state index is 10.6. The largest absolute Gasteiger partial charge is 0.504 e. The van der Waals surface area contributed by atoms with E-state index < -0.39 is 0 Å². The fourth-order valence-electron chi connectivity index (χ4n) is 3.05. The molecule has 0 saturated carbocycles. The van der Waals surface area contributed by atoms with E-state index in [0.29, 0.717) is 22.6 Å². The minimum Gasteiger partial charge on any atom is -0.504 e. The van der Waals surface area contributed by atoms with Crippen molar-refractivity contribution in [2.24, 2.45) is 0 Å². The number of methoxy groups -OCH3 is 2. The van der Waals surface area contributed by atoms with Crippen LogP contribution in [0.2, 0.25) is 0 Å². The van der Waals surface area contributed by atoms with Gasteiger partial charge in [0.25, 0.3) is 0 Å². The molecule has 0 saturated heterocycles. The summed E-state index contributed by atoms with van der Waals surface area (Å²) in [5.41, 5.74) is 2.97. The summed E-state index contributed by atoms with van der Waals surface area (Å²) in [6, 6.07) is 7.50.